The van der Waals surface area contributed by atoms with Gasteiger partial charge in [-0.05, 0) is 5.56 Å². The van der Waals surface area contributed by atoms with Crippen molar-refractivity contribution in [2.45, 2.75) is 12.6 Å². The van der Waals surface area contributed by atoms with E-state index in [-0.39, 0.29) is 17.9 Å². The Bertz CT molecular complexity index is 421. The Morgan fingerprint density at radius 1 is 1.22 bits per heavy atom. The zero-order valence-electron chi connectivity index (χ0n) is 10.3. The number of nitrogens with one attached hydrogen (secondary N) is 1. The molecule has 1 aromatic rings. The van der Waals surface area contributed by atoms with Gasteiger partial charge in [-0.15, -0.1) is 0 Å². The molecule has 2 unspecified atom stereocenters. The van der Waals surface area contributed by atoms with E-state index < -0.39 is 0 Å². The molecule has 2 heterocycles. The van der Waals surface area contributed by atoms with Gasteiger partial charge in [0.2, 0.25) is 5.91 Å². The van der Waals surface area contributed by atoms with Crippen molar-refractivity contribution in [1.29, 1.82) is 0 Å². The van der Waals surface area contributed by atoms with Gasteiger partial charge in [0.1, 0.15) is 0 Å². The molecule has 1 amide bonds. The van der Waals surface area contributed by atoms with Crippen molar-refractivity contribution in [3.63, 3.8) is 0 Å². The van der Waals surface area contributed by atoms with Crippen molar-refractivity contribution in [1.82, 2.24) is 10.2 Å². The number of ether oxygens (including phenoxy) is 1. The lowest BCUT2D eigenvalue weighted by molar-refractivity contribution is -0.125. The van der Waals surface area contributed by atoms with Crippen LogP contribution in [0.3, 0.4) is 0 Å². The number of fused-ring (bicyclic) bond motifs is 3. The highest BCUT2D eigenvalue weighted by Gasteiger charge is 2.32. The molecule has 2 atom stereocenters. The summed E-state index contributed by atoms with van der Waals surface area (Å²) in [5, 5.41) is 3.05. The fourth-order valence-corrected chi connectivity index (χ4v) is 2.69. The molecule has 2 bridgehead atoms. The van der Waals surface area contributed by atoms with Crippen LogP contribution in [0.1, 0.15) is 5.56 Å². The zero-order chi connectivity index (χ0) is 12.4. The number of hydrogen-bond donors (Lipinski definition) is 1. The SMILES string of the molecule is O=C1NC2COCC1CN(Cc1ccccc1)C2. The molecule has 2 aliphatic heterocycles. The number of nitrogens with zero attached hydrogens (tertiary/aromatic N) is 1. The van der Waals surface area contributed by atoms with Crippen molar-refractivity contribution >= 4 is 5.91 Å². The molecule has 2 aliphatic rings. The Labute approximate surface area is 107 Å². The summed E-state index contributed by atoms with van der Waals surface area (Å²) in [4.78, 5) is 14.2. The average molecular weight is 246 g/mol. The molecular formula is C14H18N2O2. The van der Waals surface area contributed by atoms with Gasteiger partial charge in [-0.3, -0.25) is 9.69 Å². The van der Waals surface area contributed by atoms with Crippen LogP contribution in [0.4, 0.5) is 0 Å². The smallest absolute Gasteiger partial charge is 0.227 e. The molecule has 1 aromatic carbocycles. The third-order valence-electron chi connectivity index (χ3n) is 3.56. The van der Waals surface area contributed by atoms with Crippen molar-refractivity contribution < 1.29 is 9.53 Å². The second kappa shape index (κ2) is 5.08. The van der Waals surface area contributed by atoms with Crippen molar-refractivity contribution in [3.8, 4) is 0 Å². The van der Waals surface area contributed by atoms with Crippen LogP contribution < -0.4 is 5.32 Å². The zero-order valence-corrected chi connectivity index (χ0v) is 10.3. The van der Waals surface area contributed by atoms with Gasteiger partial charge in [-0.25, -0.2) is 0 Å². The summed E-state index contributed by atoms with van der Waals surface area (Å²) < 4.78 is 5.52. The Hall–Kier alpha value is -1.39. The van der Waals surface area contributed by atoms with E-state index in [1.54, 1.807) is 0 Å². The van der Waals surface area contributed by atoms with Gasteiger partial charge in [-0.2, -0.15) is 0 Å². The van der Waals surface area contributed by atoms with E-state index in [2.05, 4.69) is 34.5 Å². The predicted octanol–water partition coefficient (Wildman–Crippen LogP) is 0.633. The van der Waals surface area contributed by atoms with Gasteiger partial charge >= 0.3 is 0 Å². The normalized spacial score (nSPS) is 28.6. The Kier molecular flexibility index (Phi) is 3.30. The van der Waals surface area contributed by atoms with E-state index in [1.165, 1.54) is 5.56 Å². The van der Waals surface area contributed by atoms with Crippen LogP contribution in [-0.2, 0) is 16.1 Å². The molecule has 4 heteroatoms. The number of benzene rings is 1. The van der Waals surface area contributed by atoms with Crippen LogP contribution in [-0.4, -0.2) is 43.2 Å². The van der Waals surface area contributed by atoms with E-state index in [0.717, 1.165) is 19.6 Å². The van der Waals surface area contributed by atoms with Crippen molar-refractivity contribution in [2.75, 3.05) is 26.3 Å². The van der Waals surface area contributed by atoms with E-state index >= 15 is 0 Å². The van der Waals surface area contributed by atoms with E-state index in [1.807, 2.05) is 6.07 Å². The second-order valence-corrected chi connectivity index (χ2v) is 5.12. The fraction of sp³-hybridized carbons (Fsp3) is 0.500. The number of hydrogen-bond acceptors (Lipinski definition) is 3. The summed E-state index contributed by atoms with van der Waals surface area (Å²) >= 11 is 0. The molecule has 4 nitrogen and oxygen atoms in total. The topological polar surface area (TPSA) is 41.6 Å². The maximum Gasteiger partial charge on any atom is 0.227 e. The monoisotopic (exact) mass is 246 g/mol. The van der Waals surface area contributed by atoms with Crippen LogP contribution in [0.5, 0.6) is 0 Å². The Morgan fingerprint density at radius 2 is 2.06 bits per heavy atom. The van der Waals surface area contributed by atoms with Gasteiger partial charge in [0.05, 0.1) is 25.2 Å². The van der Waals surface area contributed by atoms with Gasteiger partial charge in [0, 0.05) is 19.6 Å². The minimum Gasteiger partial charge on any atom is -0.378 e. The molecular weight excluding hydrogens is 228 g/mol. The molecule has 96 valence electrons. The van der Waals surface area contributed by atoms with Crippen LogP contribution in [0.25, 0.3) is 0 Å². The van der Waals surface area contributed by atoms with Gasteiger partial charge < -0.3 is 10.1 Å². The van der Waals surface area contributed by atoms with Crippen LogP contribution in [0.2, 0.25) is 0 Å². The molecule has 2 saturated heterocycles. The molecule has 3 rings (SSSR count). The van der Waals surface area contributed by atoms with Crippen LogP contribution in [0.15, 0.2) is 30.3 Å². The van der Waals surface area contributed by atoms with E-state index in [4.69, 9.17) is 4.74 Å². The number of carbonyl (C=O) groups excluding carboxylic acids is 1. The Balaban J connectivity index is 1.72. The molecule has 0 saturated carbocycles. The standard InChI is InChI=1S/C14H18N2O2/c17-14-12-7-16(6-11-4-2-1-3-5-11)8-13(15-14)10-18-9-12/h1-5,12-13H,6-10H2,(H,15,17). The average Bonchev–Trinajstić information content (AvgIpc) is 2.59. The molecule has 0 aliphatic carbocycles. The predicted molar refractivity (Wildman–Crippen MR) is 68.0 cm³/mol. The highest BCUT2D eigenvalue weighted by Crippen LogP contribution is 2.16. The number of carbonyl (C=O) groups is 1. The van der Waals surface area contributed by atoms with Gasteiger partial charge in [-0.1, -0.05) is 30.3 Å². The van der Waals surface area contributed by atoms with Crippen LogP contribution in [0, 0.1) is 5.92 Å². The summed E-state index contributed by atoms with van der Waals surface area (Å²) in [5.41, 5.74) is 1.30. The van der Waals surface area contributed by atoms with Crippen molar-refractivity contribution in [2.24, 2.45) is 5.92 Å². The fourth-order valence-electron chi connectivity index (χ4n) is 2.69. The lowest BCUT2D eigenvalue weighted by Crippen LogP contribution is -2.41. The molecule has 0 radical (unpaired) electrons. The minimum absolute atomic E-state index is 0.0267. The summed E-state index contributed by atoms with van der Waals surface area (Å²) in [6.07, 6.45) is 0. The molecule has 18 heavy (non-hydrogen) atoms. The third kappa shape index (κ3) is 2.54. The largest absolute Gasteiger partial charge is 0.378 e. The number of amides is 1. The summed E-state index contributed by atoms with van der Waals surface area (Å²) in [6, 6.07) is 10.5. The molecule has 0 aromatic heterocycles. The quantitative estimate of drug-likeness (QED) is 0.832. The first-order chi connectivity index (χ1) is 8.81. The third-order valence-corrected chi connectivity index (χ3v) is 3.56. The van der Waals surface area contributed by atoms with Crippen LogP contribution >= 0.6 is 0 Å². The first-order valence-corrected chi connectivity index (χ1v) is 6.45. The van der Waals surface area contributed by atoms with Crippen molar-refractivity contribution in [3.05, 3.63) is 35.9 Å². The minimum atomic E-state index is -0.0267. The first-order valence-electron chi connectivity index (χ1n) is 6.45. The number of rotatable bonds is 2. The molecule has 1 N–H and O–H groups in total. The lowest BCUT2D eigenvalue weighted by atomic mass is 10.1. The first kappa shape index (κ1) is 11.7. The lowest BCUT2D eigenvalue weighted by Gasteiger charge is -2.27. The second-order valence-electron chi connectivity index (χ2n) is 5.12. The summed E-state index contributed by atoms with van der Waals surface area (Å²) in [5.74, 6) is 0.120. The van der Waals surface area contributed by atoms with E-state index in [9.17, 15) is 4.79 Å². The Morgan fingerprint density at radius 3 is 2.89 bits per heavy atom. The molecule has 0 spiro atoms. The maximum atomic E-state index is 11.9. The molecule has 2 fully saturated rings. The van der Waals surface area contributed by atoms with Gasteiger partial charge in [0.25, 0.3) is 0 Å². The maximum absolute atomic E-state index is 11.9. The van der Waals surface area contributed by atoms with Gasteiger partial charge in [0.15, 0.2) is 0 Å². The highest BCUT2D eigenvalue weighted by molar-refractivity contribution is 5.79. The van der Waals surface area contributed by atoms with E-state index in [0.29, 0.717) is 13.2 Å². The highest BCUT2D eigenvalue weighted by atomic mass is 16.5. The summed E-state index contributed by atoms with van der Waals surface area (Å²) in [6.45, 7) is 3.75. The summed E-state index contributed by atoms with van der Waals surface area (Å²) in [7, 11) is 0.